The molecule has 0 aromatic carbocycles. The van der Waals surface area contributed by atoms with Gasteiger partial charge in [0.25, 0.3) is 0 Å². The van der Waals surface area contributed by atoms with Gasteiger partial charge in [-0.1, -0.05) is 0 Å². The van der Waals surface area contributed by atoms with Gasteiger partial charge in [0.1, 0.15) is 11.6 Å². The second-order valence-electron chi connectivity index (χ2n) is 3.01. The van der Waals surface area contributed by atoms with Crippen LogP contribution in [0.2, 0.25) is 0 Å². The average Bonchev–Trinajstić information content (AvgIpc) is 2.22. The summed E-state index contributed by atoms with van der Waals surface area (Å²) in [6.45, 7) is 0. The molecule has 1 aromatic heterocycles. The number of rotatable bonds is 5. The summed E-state index contributed by atoms with van der Waals surface area (Å²) in [7, 11) is 0. The van der Waals surface area contributed by atoms with E-state index in [1.165, 1.54) is 12.1 Å². The van der Waals surface area contributed by atoms with Crippen LogP contribution in [0.3, 0.4) is 0 Å². The number of aromatic nitrogens is 1. The average molecular weight is 228 g/mol. The zero-order valence-corrected chi connectivity index (χ0v) is 9.31. The van der Waals surface area contributed by atoms with Gasteiger partial charge in [-0.25, -0.2) is 9.37 Å². The molecule has 0 radical (unpaired) electrons. The molecule has 0 atom stereocenters. The number of halogens is 1. The summed E-state index contributed by atoms with van der Waals surface area (Å²) >= 11 is 1.71. The Balaban J connectivity index is 2.34. The maximum atomic E-state index is 12.5. The van der Waals surface area contributed by atoms with Gasteiger partial charge in [0.2, 0.25) is 5.91 Å². The van der Waals surface area contributed by atoms with Crippen molar-refractivity contribution in [3.8, 4) is 0 Å². The summed E-state index contributed by atoms with van der Waals surface area (Å²) in [5, 5.41) is 2.60. The van der Waals surface area contributed by atoms with E-state index in [1.54, 1.807) is 11.8 Å². The third-order valence-corrected chi connectivity index (χ3v) is 2.44. The highest BCUT2D eigenvalue weighted by Gasteiger charge is 2.02. The predicted molar refractivity (Wildman–Crippen MR) is 60.4 cm³/mol. The summed E-state index contributed by atoms with van der Waals surface area (Å²) < 4.78 is 12.5. The van der Waals surface area contributed by atoms with Crippen molar-refractivity contribution in [1.82, 2.24) is 4.98 Å². The Kier molecular flexibility index (Phi) is 5.10. The van der Waals surface area contributed by atoms with Crippen LogP contribution in [0.5, 0.6) is 0 Å². The predicted octanol–water partition coefficient (Wildman–Crippen LogP) is 2.30. The molecule has 0 fully saturated rings. The van der Waals surface area contributed by atoms with Crippen LogP contribution in [-0.2, 0) is 4.79 Å². The number of pyridine rings is 1. The Bertz CT molecular complexity index is 316. The van der Waals surface area contributed by atoms with E-state index >= 15 is 0 Å². The molecule has 5 heteroatoms. The molecule has 15 heavy (non-hydrogen) atoms. The van der Waals surface area contributed by atoms with Gasteiger partial charge >= 0.3 is 0 Å². The van der Waals surface area contributed by atoms with Crippen molar-refractivity contribution in [1.29, 1.82) is 0 Å². The van der Waals surface area contributed by atoms with E-state index in [9.17, 15) is 9.18 Å². The van der Waals surface area contributed by atoms with Crippen molar-refractivity contribution in [3.05, 3.63) is 24.1 Å². The lowest BCUT2D eigenvalue weighted by Crippen LogP contribution is -2.12. The fraction of sp³-hybridized carbons (Fsp3) is 0.400. The summed E-state index contributed by atoms with van der Waals surface area (Å²) in [5.41, 5.74) is 0. The number of nitrogens with one attached hydrogen (secondary N) is 1. The number of nitrogens with zero attached hydrogens (tertiary/aromatic N) is 1. The second-order valence-corrected chi connectivity index (χ2v) is 3.99. The molecule has 0 unspecified atom stereocenters. The summed E-state index contributed by atoms with van der Waals surface area (Å²) in [5.74, 6) is 0.869. The Morgan fingerprint density at radius 3 is 3.00 bits per heavy atom. The molecule has 0 aliphatic heterocycles. The van der Waals surface area contributed by atoms with Crippen LogP contribution < -0.4 is 5.32 Å². The van der Waals surface area contributed by atoms with Crippen LogP contribution in [0.25, 0.3) is 0 Å². The van der Waals surface area contributed by atoms with Gasteiger partial charge in [-0.15, -0.1) is 0 Å². The summed E-state index contributed by atoms with van der Waals surface area (Å²) in [6, 6.07) is 2.71. The van der Waals surface area contributed by atoms with E-state index in [0.29, 0.717) is 12.2 Å². The van der Waals surface area contributed by atoms with Crippen LogP contribution in [0.15, 0.2) is 18.3 Å². The zero-order valence-electron chi connectivity index (χ0n) is 8.50. The number of amides is 1. The molecule has 0 bridgehead atoms. The zero-order chi connectivity index (χ0) is 11.1. The van der Waals surface area contributed by atoms with Crippen LogP contribution in [0, 0.1) is 5.82 Å². The quantitative estimate of drug-likeness (QED) is 0.786. The number of thioether (sulfide) groups is 1. The smallest absolute Gasteiger partial charge is 0.225 e. The van der Waals surface area contributed by atoms with Crippen molar-refractivity contribution in [2.75, 3.05) is 17.3 Å². The number of hydrogen-bond acceptors (Lipinski definition) is 3. The lowest BCUT2D eigenvalue weighted by atomic mass is 10.3. The molecule has 0 aliphatic carbocycles. The van der Waals surface area contributed by atoms with Crippen LogP contribution in [0.1, 0.15) is 12.8 Å². The lowest BCUT2D eigenvalue weighted by molar-refractivity contribution is -0.116. The highest BCUT2D eigenvalue weighted by molar-refractivity contribution is 7.98. The third kappa shape index (κ3) is 4.78. The standard InChI is InChI=1S/C10H13FN2OS/c1-15-6-2-3-10(14)13-9-5-4-8(11)7-12-9/h4-5,7H,2-3,6H2,1H3,(H,12,13,14). The minimum Gasteiger partial charge on any atom is -0.311 e. The van der Waals surface area contributed by atoms with Gasteiger partial charge in [-0.3, -0.25) is 4.79 Å². The molecular weight excluding hydrogens is 215 g/mol. The molecule has 0 saturated carbocycles. The van der Waals surface area contributed by atoms with E-state index in [2.05, 4.69) is 10.3 Å². The topological polar surface area (TPSA) is 42.0 Å². The maximum Gasteiger partial charge on any atom is 0.225 e. The summed E-state index contributed by atoms with van der Waals surface area (Å²) in [4.78, 5) is 15.1. The first-order chi connectivity index (χ1) is 7.22. The molecule has 1 aromatic rings. The third-order valence-electron chi connectivity index (χ3n) is 1.75. The first-order valence-electron chi connectivity index (χ1n) is 4.62. The van der Waals surface area contributed by atoms with E-state index in [-0.39, 0.29) is 5.91 Å². The summed E-state index contributed by atoms with van der Waals surface area (Å²) in [6.07, 6.45) is 4.39. The van der Waals surface area contributed by atoms with E-state index < -0.39 is 5.82 Å². The second kappa shape index (κ2) is 6.40. The maximum absolute atomic E-state index is 12.5. The first kappa shape index (κ1) is 12.0. The van der Waals surface area contributed by atoms with Gasteiger partial charge in [0, 0.05) is 6.42 Å². The minimum absolute atomic E-state index is 0.0804. The monoisotopic (exact) mass is 228 g/mol. The van der Waals surface area contributed by atoms with Gasteiger partial charge < -0.3 is 5.32 Å². The van der Waals surface area contributed by atoms with Gasteiger partial charge in [0.05, 0.1) is 6.20 Å². The number of hydrogen-bond donors (Lipinski definition) is 1. The molecule has 0 spiro atoms. The van der Waals surface area contributed by atoms with Crippen molar-refractivity contribution < 1.29 is 9.18 Å². The molecule has 1 N–H and O–H groups in total. The lowest BCUT2D eigenvalue weighted by Gasteiger charge is -2.03. The molecule has 0 saturated heterocycles. The number of carbonyl (C=O) groups is 1. The largest absolute Gasteiger partial charge is 0.311 e. The van der Waals surface area contributed by atoms with Crippen LogP contribution >= 0.6 is 11.8 Å². The van der Waals surface area contributed by atoms with Crippen molar-refractivity contribution in [2.24, 2.45) is 0 Å². The molecule has 82 valence electrons. The first-order valence-corrected chi connectivity index (χ1v) is 6.02. The number of carbonyl (C=O) groups excluding carboxylic acids is 1. The van der Waals surface area contributed by atoms with E-state index in [0.717, 1.165) is 18.4 Å². The molecule has 3 nitrogen and oxygen atoms in total. The molecule has 1 heterocycles. The van der Waals surface area contributed by atoms with Crippen molar-refractivity contribution in [2.45, 2.75) is 12.8 Å². The minimum atomic E-state index is -0.407. The van der Waals surface area contributed by atoms with Gasteiger partial charge in [0.15, 0.2) is 0 Å². The van der Waals surface area contributed by atoms with E-state index in [1.807, 2.05) is 6.26 Å². The highest BCUT2D eigenvalue weighted by Crippen LogP contribution is 2.05. The Hall–Kier alpha value is -1.10. The number of anilines is 1. The molecular formula is C10H13FN2OS. The Morgan fingerprint density at radius 1 is 1.60 bits per heavy atom. The Labute approximate surface area is 92.5 Å². The molecule has 0 aliphatic rings. The fourth-order valence-electron chi connectivity index (χ4n) is 1.03. The van der Waals surface area contributed by atoms with E-state index in [4.69, 9.17) is 0 Å². The fourth-order valence-corrected chi connectivity index (χ4v) is 1.47. The van der Waals surface area contributed by atoms with Gasteiger partial charge in [-0.05, 0) is 30.6 Å². The normalized spacial score (nSPS) is 10.0. The van der Waals surface area contributed by atoms with Crippen LogP contribution in [-0.4, -0.2) is 22.9 Å². The van der Waals surface area contributed by atoms with Gasteiger partial charge in [-0.2, -0.15) is 11.8 Å². The van der Waals surface area contributed by atoms with Crippen LogP contribution in [0.4, 0.5) is 10.2 Å². The molecule has 1 rings (SSSR count). The highest BCUT2D eigenvalue weighted by atomic mass is 32.2. The van der Waals surface area contributed by atoms with Crippen molar-refractivity contribution >= 4 is 23.5 Å². The molecule has 1 amide bonds. The van der Waals surface area contributed by atoms with Crippen molar-refractivity contribution in [3.63, 3.8) is 0 Å². The SMILES string of the molecule is CSCCCC(=O)Nc1ccc(F)cn1. The Morgan fingerprint density at radius 2 is 2.40 bits per heavy atom.